The minimum atomic E-state index is -0.579. The number of amides is 1. The van der Waals surface area contributed by atoms with Gasteiger partial charge in [-0.1, -0.05) is 35.5 Å². The van der Waals surface area contributed by atoms with Gasteiger partial charge in [0.25, 0.3) is 5.91 Å². The molecule has 27 heavy (non-hydrogen) atoms. The molecule has 2 N–H and O–H groups in total. The molecular formula is C19H23ClN4O2S. The number of carbonyl (C=O) groups is 1. The molecule has 144 valence electrons. The summed E-state index contributed by atoms with van der Waals surface area (Å²) in [6, 6.07) is 7.70. The molecule has 6 nitrogen and oxygen atoms in total. The Hall–Kier alpha value is -1.99. The number of carbonyl (C=O) groups excluding carboxylic acids is 1. The molecule has 2 aliphatic heterocycles. The van der Waals surface area contributed by atoms with Crippen LogP contribution >= 0.6 is 23.4 Å². The smallest absolute Gasteiger partial charge is 0.257 e. The van der Waals surface area contributed by atoms with Crippen molar-refractivity contribution in [3.63, 3.8) is 0 Å². The summed E-state index contributed by atoms with van der Waals surface area (Å²) in [4.78, 5) is 20.3. The average Bonchev–Trinajstić information content (AvgIpc) is 3.26. The van der Waals surface area contributed by atoms with Crippen molar-refractivity contribution in [3.8, 4) is 0 Å². The Labute approximate surface area is 168 Å². The minimum absolute atomic E-state index is 0.0593. The Morgan fingerprint density at radius 2 is 2.15 bits per heavy atom. The van der Waals surface area contributed by atoms with E-state index in [1.54, 1.807) is 4.90 Å². The van der Waals surface area contributed by atoms with Crippen molar-refractivity contribution in [2.24, 2.45) is 5.16 Å². The second-order valence-corrected chi connectivity index (χ2v) is 9.12. The Morgan fingerprint density at radius 1 is 1.44 bits per heavy atom. The van der Waals surface area contributed by atoms with Gasteiger partial charge in [0.05, 0.1) is 21.9 Å². The third-order valence-electron chi connectivity index (χ3n) is 4.45. The number of nitrogens with one attached hydrogen (secondary N) is 2. The lowest BCUT2D eigenvalue weighted by molar-refractivity contribution is -0.118. The minimum Gasteiger partial charge on any atom is -0.387 e. The van der Waals surface area contributed by atoms with Crippen LogP contribution in [0.2, 0.25) is 0 Å². The van der Waals surface area contributed by atoms with Crippen molar-refractivity contribution in [1.29, 1.82) is 5.41 Å². The zero-order valence-corrected chi connectivity index (χ0v) is 17.2. The highest BCUT2D eigenvalue weighted by Gasteiger charge is 2.35. The summed E-state index contributed by atoms with van der Waals surface area (Å²) in [7, 11) is 3.69. The third kappa shape index (κ3) is 4.65. The second-order valence-electron chi connectivity index (χ2n) is 7.09. The molecule has 2 aliphatic rings. The number of thioether (sulfide) groups is 1. The molecule has 0 aliphatic carbocycles. The average molecular weight is 407 g/mol. The van der Waals surface area contributed by atoms with E-state index in [9.17, 15) is 4.79 Å². The zero-order chi connectivity index (χ0) is 19.6. The first-order valence-electron chi connectivity index (χ1n) is 8.68. The van der Waals surface area contributed by atoms with Crippen LogP contribution < -0.4 is 5.32 Å². The topological polar surface area (TPSA) is 77.8 Å². The van der Waals surface area contributed by atoms with Gasteiger partial charge in [-0.2, -0.15) is 0 Å². The van der Waals surface area contributed by atoms with Gasteiger partial charge in [0.2, 0.25) is 0 Å². The maximum absolute atomic E-state index is 12.2. The molecule has 0 bridgehead atoms. The predicted octanol–water partition coefficient (Wildman–Crippen LogP) is 3.16. The van der Waals surface area contributed by atoms with E-state index in [2.05, 4.69) is 10.5 Å². The molecule has 1 amide bonds. The Bertz CT molecular complexity index is 806. The van der Waals surface area contributed by atoms with Crippen LogP contribution in [0.15, 0.2) is 40.4 Å². The third-order valence-corrected chi connectivity index (χ3v) is 5.95. The molecule has 8 heteroatoms. The number of nitrogens with zero attached hydrogens (tertiary/aromatic N) is 2. The van der Waals surface area contributed by atoms with E-state index >= 15 is 0 Å². The SMILES string of the molecule is CN(C)C(=N)c1ccc(C2=NOC(C)(CNC(=O)C3=CCC(Cl)S3)C2)cc1. The number of allylic oxidation sites excluding steroid dienone is 1. The molecular weight excluding hydrogens is 384 g/mol. The van der Waals surface area contributed by atoms with E-state index < -0.39 is 5.60 Å². The lowest BCUT2D eigenvalue weighted by Gasteiger charge is -2.22. The molecule has 2 heterocycles. The first-order valence-corrected chi connectivity index (χ1v) is 10.00. The van der Waals surface area contributed by atoms with Crippen molar-refractivity contribution in [2.75, 3.05) is 20.6 Å². The molecule has 3 rings (SSSR count). The fourth-order valence-corrected chi connectivity index (χ4v) is 4.06. The first-order chi connectivity index (χ1) is 12.8. The number of hydrogen-bond donors (Lipinski definition) is 2. The van der Waals surface area contributed by atoms with Gasteiger partial charge in [-0.25, -0.2) is 0 Å². The van der Waals surface area contributed by atoms with Gasteiger partial charge in [-0.3, -0.25) is 10.2 Å². The lowest BCUT2D eigenvalue weighted by Crippen LogP contribution is -2.41. The standard InChI is InChI=1S/C19H23ClN4O2S/c1-19(11-22-18(25)15-8-9-16(20)27-15)10-14(23-26-19)12-4-6-13(7-5-12)17(21)24(2)3/h4-8,16,21H,9-11H2,1-3H3,(H,22,25). The van der Waals surface area contributed by atoms with Gasteiger partial charge < -0.3 is 15.1 Å². The monoisotopic (exact) mass is 406 g/mol. The van der Waals surface area contributed by atoms with Gasteiger partial charge in [0, 0.05) is 26.1 Å². The number of amidine groups is 1. The molecule has 0 fully saturated rings. The predicted molar refractivity (Wildman–Crippen MR) is 111 cm³/mol. The number of hydrogen-bond acceptors (Lipinski definition) is 5. The van der Waals surface area contributed by atoms with Gasteiger partial charge in [0.1, 0.15) is 5.84 Å². The van der Waals surface area contributed by atoms with Crippen LogP contribution in [0.1, 0.15) is 30.9 Å². The number of benzene rings is 1. The van der Waals surface area contributed by atoms with Gasteiger partial charge in [0.15, 0.2) is 5.60 Å². The maximum atomic E-state index is 12.2. The molecule has 2 atom stereocenters. The molecule has 0 saturated heterocycles. The summed E-state index contributed by atoms with van der Waals surface area (Å²) >= 11 is 7.39. The molecule has 0 aromatic heterocycles. The molecule has 2 unspecified atom stereocenters. The summed E-state index contributed by atoms with van der Waals surface area (Å²) < 4.78 is -0.0593. The van der Waals surface area contributed by atoms with Crippen molar-refractivity contribution in [2.45, 2.75) is 30.1 Å². The lowest BCUT2D eigenvalue weighted by atomic mass is 9.95. The van der Waals surface area contributed by atoms with Gasteiger partial charge in [-0.05, 0) is 18.9 Å². The first kappa shape index (κ1) is 19.8. The van der Waals surface area contributed by atoms with Crippen LogP contribution in [-0.4, -0.2) is 53.3 Å². The summed E-state index contributed by atoms with van der Waals surface area (Å²) in [6.07, 6.45) is 3.17. The van der Waals surface area contributed by atoms with Crippen LogP contribution in [0, 0.1) is 5.41 Å². The quantitative estimate of drug-likeness (QED) is 0.447. The highest BCUT2D eigenvalue weighted by molar-refractivity contribution is 8.05. The maximum Gasteiger partial charge on any atom is 0.257 e. The van der Waals surface area contributed by atoms with Crippen molar-refractivity contribution in [3.05, 3.63) is 46.4 Å². The summed E-state index contributed by atoms with van der Waals surface area (Å²) in [5.74, 6) is 0.338. The zero-order valence-electron chi connectivity index (χ0n) is 15.6. The summed E-state index contributed by atoms with van der Waals surface area (Å²) in [5, 5.41) is 15.2. The second kappa shape index (κ2) is 7.94. The summed E-state index contributed by atoms with van der Waals surface area (Å²) in [6.45, 7) is 2.30. The fourth-order valence-electron chi connectivity index (χ4n) is 2.85. The van der Waals surface area contributed by atoms with Crippen LogP contribution in [0.5, 0.6) is 0 Å². The van der Waals surface area contributed by atoms with E-state index in [0.29, 0.717) is 30.1 Å². The normalized spacial score (nSPS) is 24.1. The summed E-state index contributed by atoms with van der Waals surface area (Å²) in [5.41, 5.74) is 2.06. The Balaban J connectivity index is 1.57. The number of halogens is 1. The molecule has 0 radical (unpaired) electrons. The van der Waals surface area contributed by atoms with Gasteiger partial charge >= 0.3 is 0 Å². The van der Waals surface area contributed by atoms with E-state index in [4.69, 9.17) is 21.8 Å². The Kier molecular flexibility index (Phi) is 5.81. The number of alkyl halides is 1. The largest absolute Gasteiger partial charge is 0.387 e. The molecule has 0 spiro atoms. The van der Waals surface area contributed by atoms with Gasteiger partial charge in [-0.15, -0.1) is 23.4 Å². The fraction of sp³-hybridized carbons (Fsp3) is 0.421. The van der Waals surface area contributed by atoms with Crippen molar-refractivity contribution in [1.82, 2.24) is 10.2 Å². The molecule has 1 aromatic carbocycles. The highest BCUT2D eigenvalue weighted by atomic mass is 35.5. The van der Waals surface area contributed by atoms with E-state index in [0.717, 1.165) is 16.8 Å². The molecule has 0 saturated carbocycles. The number of rotatable bonds is 5. The van der Waals surface area contributed by atoms with E-state index in [-0.39, 0.29) is 10.6 Å². The van der Waals surface area contributed by atoms with Crippen LogP contribution in [0.25, 0.3) is 0 Å². The number of oxime groups is 1. The van der Waals surface area contributed by atoms with Crippen LogP contribution in [0.3, 0.4) is 0 Å². The molecule has 1 aromatic rings. The van der Waals surface area contributed by atoms with E-state index in [1.165, 1.54) is 11.8 Å². The van der Waals surface area contributed by atoms with Crippen LogP contribution in [-0.2, 0) is 9.63 Å². The Morgan fingerprint density at radius 3 is 2.74 bits per heavy atom. The van der Waals surface area contributed by atoms with Crippen molar-refractivity contribution >= 4 is 40.8 Å². The van der Waals surface area contributed by atoms with Crippen molar-refractivity contribution < 1.29 is 9.63 Å². The van der Waals surface area contributed by atoms with Crippen LogP contribution in [0.4, 0.5) is 0 Å². The highest BCUT2D eigenvalue weighted by Crippen LogP contribution is 2.35. The van der Waals surface area contributed by atoms with E-state index in [1.807, 2.05) is 51.4 Å².